The number of imide groups is 1. The fourth-order valence-electron chi connectivity index (χ4n) is 10.1. The summed E-state index contributed by atoms with van der Waals surface area (Å²) in [5.41, 5.74) is 10.7. The van der Waals surface area contributed by atoms with Crippen molar-refractivity contribution in [2.24, 2.45) is 22.7 Å². The molecule has 0 radical (unpaired) electrons. The fourth-order valence-corrected chi connectivity index (χ4v) is 10.1. The molecular formula is C35H45N3O4. The van der Waals surface area contributed by atoms with E-state index in [9.17, 15) is 19.5 Å². The lowest BCUT2D eigenvalue weighted by Gasteiger charge is -2.56. The smallest absolute Gasteiger partial charge is 0.409 e. The van der Waals surface area contributed by atoms with Crippen molar-refractivity contribution in [2.75, 3.05) is 11.1 Å². The molecule has 4 aliphatic rings. The number of rotatable bonds is 3. The number of carboxylic acid groups (broad SMARTS) is 1. The number of fused-ring (bicyclic) bond motifs is 6. The monoisotopic (exact) mass is 571 g/mol. The molecule has 0 aromatic heterocycles. The number of benzene rings is 2. The number of aryl methyl sites for hydroxylation is 2. The molecule has 0 heterocycles. The van der Waals surface area contributed by atoms with Crippen LogP contribution < -0.4 is 16.4 Å². The maximum atomic E-state index is 14.3. The first-order valence-corrected chi connectivity index (χ1v) is 15.7. The van der Waals surface area contributed by atoms with Crippen LogP contribution in [0.2, 0.25) is 0 Å². The number of hydrogen-bond donors (Lipinski definition) is 4. The van der Waals surface area contributed by atoms with Crippen LogP contribution in [0.25, 0.3) is 0 Å². The van der Waals surface area contributed by atoms with Crippen molar-refractivity contribution in [3.8, 4) is 0 Å². The van der Waals surface area contributed by atoms with Crippen LogP contribution in [-0.2, 0) is 33.3 Å². The molecular weight excluding hydrogens is 526 g/mol. The van der Waals surface area contributed by atoms with E-state index in [4.69, 9.17) is 5.73 Å². The first kappa shape index (κ1) is 28.8. The van der Waals surface area contributed by atoms with Crippen LogP contribution in [-0.4, -0.2) is 23.0 Å². The molecule has 0 spiro atoms. The van der Waals surface area contributed by atoms with Gasteiger partial charge in [0, 0.05) is 11.4 Å². The van der Waals surface area contributed by atoms with Crippen LogP contribution in [0.3, 0.4) is 0 Å². The van der Waals surface area contributed by atoms with E-state index in [0.29, 0.717) is 5.69 Å². The molecule has 5 N–H and O–H groups in total. The molecule has 0 aliphatic heterocycles. The van der Waals surface area contributed by atoms with Crippen LogP contribution in [0.15, 0.2) is 36.4 Å². The van der Waals surface area contributed by atoms with Gasteiger partial charge >= 0.3 is 6.09 Å². The summed E-state index contributed by atoms with van der Waals surface area (Å²) in [6, 6.07) is 12.0. The molecule has 2 fully saturated rings. The fraction of sp³-hybridized carbons (Fsp3) is 0.571. The highest BCUT2D eigenvalue weighted by Crippen LogP contribution is 2.59. The molecule has 3 amide bonds. The van der Waals surface area contributed by atoms with Crippen LogP contribution >= 0.6 is 0 Å². The second-order valence-electron chi connectivity index (χ2n) is 14.6. The average molecular weight is 572 g/mol. The number of hydrogen-bond acceptors (Lipinski definition) is 4. The van der Waals surface area contributed by atoms with Crippen LogP contribution in [0.4, 0.5) is 16.2 Å². The standard InChI is InChI=1S/C35H45N3O4/c1-32-15-5-17-34(3,27(32)13-9-21-7-11-23(36)19-25(21)32)29(39)38-30(40)35(4)18-6-16-33(2)26-20-24(37-31(41)42)12-8-22(26)10-14-28(33)35/h7-8,11-12,19-20,27-28,37H,5-6,9-10,13-18,36H2,1-4H3,(H,41,42)(H,38,39,40)/t27-,28-,32-,33-,34+,35+/m1/s1. The zero-order valence-corrected chi connectivity index (χ0v) is 25.4. The second kappa shape index (κ2) is 9.85. The van der Waals surface area contributed by atoms with Gasteiger partial charge in [-0.2, -0.15) is 0 Å². The Kier molecular flexibility index (Phi) is 6.74. The maximum absolute atomic E-state index is 14.3. The van der Waals surface area contributed by atoms with E-state index in [1.165, 1.54) is 16.7 Å². The van der Waals surface area contributed by atoms with Crippen molar-refractivity contribution in [3.63, 3.8) is 0 Å². The van der Waals surface area contributed by atoms with Gasteiger partial charge in [0.05, 0.1) is 10.8 Å². The first-order valence-electron chi connectivity index (χ1n) is 15.7. The molecule has 0 unspecified atom stereocenters. The Balaban J connectivity index is 1.27. The zero-order valence-electron chi connectivity index (χ0n) is 25.4. The summed E-state index contributed by atoms with van der Waals surface area (Å²) in [6.45, 7) is 8.65. The Morgan fingerprint density at radius 1 is 0.762 bits per heavy atom. The molecule has 2 saturated carbocycles. The summed E-state index contributed by atoms with van der Waals surface area (Å²) in [7, 11) is 0. The van der Waals surface area contributed by atoms with Crippen LogP contribution in [0, 0.1) is 22.7 Å². The van der Waals surface area contributed by atoms with E-state index in [2.05, 4.69) is 50.5 Å². The molecule has 2 aromatic rings. The highest BCUT2D eigenvalue weighted by molar-refractivity contribution is 6.01. The highest BCUT2D eigenvalue weighted by Gasteiger charge is 2.58. The largest absolute Gasteiger partial charge is 0.465 e. The Labute approximate surface area is 249 Å². The van der Waals surface area contributed by atoms with Gasteiger partial charge in [-0.15, -0.1) is 0 Å². The molecule has 224 valence electrons. The van der Waals surface area contributed by atoms with Gasteiger partial charge in [0.15, 0.2) is 0 Å². The molecule has 0 bridgehead atoms. The third-order valence-corrected chi connectivity index (χ3v) is 12.3. The van der Waals surface area contributed by atoms with Gasteiger partial charge in [0.1, 0.15) is 0 Å². The Morgan fingerprint density at radius 3 is 1.79 bits per heavy atom. The number of nitrogens with two attached hydrogens (primary N) is 1. The third kappa shape index (κ3) is 4.25. The van der Waals surface area contributed by atoms with E-state index in [1.54, 1.807) is 0 Å². The lowest BCUT2D eigenvalue weighted by Crippen LogP contribution is -2.60. The predicted molar refractivity (Wildman–Crippen MR) is 164 cm³/mol. The van der Waals surface area contributed by atoms with E-state index < -0.39 is 16.9 Å². The number of carbonyl (C=O) groups is 3. The van der Waals surface area contributed by atoms with Gasteiger partial charge in [-0.25, -0.2) is 4.79 Å². The Hall–Kier alpha value is -3.35. The van der Waals surface area contributed by atoms with Crippen molar-refractivity contribution in [3.05, 3.63) is 58.7 Å². The molecule has 0 saturated heterocycles. The van der Waals surface area contributed by atoms with Crippen molar-refractivity contribution in [1.29, 1.82) is 0 Å². The summed E-state index contributed by atoms with van der Waals surface area (Å²) in [4.78, 5) is 39.9. The van der Waals surface area contributed by atoms with Crippen molar-refractivity contribution in [1.82, 2.24) is 5.32 Å². The van der Waals surface area contributed by atoms with Gasteiger partial charge < -0.3 is 10.8 Å². The van der Waals surface area contributed by atoms with E-state index in [-0.39, 0.29) is 34.5 Å². The summed E-state index contributed by atoms with van der Waals surface area (Å²) in [5, 5.41) is 14.8. The molecule has 42 heavy (non-hydrogen) atoms. The van der Waals surface area contributed by atoms with Crippen LogP contribution in [0.5, 0.6) is 0 Å². The van der Waals surface area contributed by atoms with E-state index in [0.717, 1.165) is 75.5 Å². The molecule has 6 atom stereocenters. The van der Waals surface area contributed by atoms with Gasteiger partial charge in [-0.1, -0.05) is 52.7 Å². The number of anilines is 2. The SMILES string of the molecule is C[C@]1(C(=O)NC(=O)[C@@]2(C)CCC[C@]3(C)c4cc(NC(=O)O)ccc4CC[C@@H]23)CCC[C@]2(C)c3cc(N)ccc3CC[C@@H]12. The van der Waals surface area contributed by atoms with Gasteiger partial charge in [-0.05, 0) is 121 Å². The minimum absolute atomic E-state index is 0.0492. The second-order valence-corrected chi connectivity index (χ2v) is 14.6. The summed E-state index contributed by atoms with van der Waals surface area (Å²) >= 11 is 0. The first-order chi connectivity index (χ1) is 19.8. The highest BCUT2D eigenvalue weighted by atomic mass is 16.4. The normalized spacial score (nSPS) is 35.0. The summed E-state index contributed by atoms with van der Waals surface area (Å²) < 4.78 is 0. The average Bonchev–Trinajstić information content (AvgIpc) is 2.93. The van der Waals surface area contributed by atoms with Crippen molar-refractivity contribution < 1.29 is 19.5 Å². The lowest BCUT2D eigenvalue weighted by molar-refractivity contribution is -0.150. The predicted octanol–water partition coefficient (Wildman–Crippen LogP) is 6.72. The molecule has 6 rings (SSSR count). The third-order valence-electron chi connectivity index (χ3n) is 12.3. The Morgan fingerprint density at radius 2 is 1.26 bits per heavy atom. The number of carbonyl (C=O) groups excluding carboxylic acids is 2. The number of nitrogens with one attached hydrogen (secondary N) is 2. The van der Waals surface area contributed by atoms with Gasteiger partial charge in [0.2, 0.25) is 11.8 Å². The molecule has 4 aliphatic carbocycles. The maximum Gasteiger partial charge on any atom is 0.409 e. The quantitative estimate of drug-likeness (QED) is 0.241. The number of amides is 3. The van der Waals surface area contributed by atoms with Gasteiger partial charge in [0.25, 0.3) is 0 Å². The van der Waals surface area contributed by atoms with E-state index in [1.807, 2.05) is 24.3 Å². The zero-order chi connectivity index (χ0) is 30.1. The van der Waals surface area contributed by atoms with E-state index >= 15 is 0 Å². The van der Waals surface area contributed by atoms with Crippen molar-refractivity contribution >= 4 is 29.3 Å². The summed E-state index contributed by atoms with van der Waals surface area (Å²) in [5.74, 6) is -0.103. The van der Waals surface area contributed by atoms with Crippen molar-refractivity contribution in [2.45, 2.75) is 103 Å². The minimum Gasteiger partial charge on any atom is -0.465 e. The minimum atomic E-state index is -1.09. The Bertz CT molecular complexity index is 1470. The van der Waals surface area contributed by atoms with Crippen LogP contribution in [0.1, 0.15) is 101 Å². The molecule has 2 aromatic carbocycles. The van der Waals surface area contributed by atoms with Gasteiger partial charge in [-0.3, -0.25) is 20.2 Å². The number of nitrogen functional groups attached to an aromatic ring is 1. The molecule has 7 nitrogen and oxygen atoms in total. The molecule has 7 heteroatoms. The topological polar surface area (TPSA) is 122 Å². The lowest BCUT2D eigenvalue weighted by atomic mass is 9.49. The summed E-state index contributed by atoms with van der Waals surface area (Å²) in [6.07, 6.45) is 7.71.